The molecule has 1 atom stereocenters. The Hall–Kier alpha value is -1.60. The van der Waals surface area contributed by atoms with Crippen LogP contribution in [0.4, 0.5) is 0 Å². The fraction of sp³-hybridized carbons (Fsp3) is 0.0833. The molecule has 0 bridgehead atoms. The van der Waals surface area contributed by atoms with Gasteiger partial charge in [-0.3, -0.25) is 4.21 Å². The van der Waals surface area contributed by atoms with Crippen LogP contribution in [0.15, 0.2) is 46.0 Å². The molecule has 0 aliphatic carbocycles. The van der Waals surface area contributed by atoms with E-state index in [1.165, 1.54) is 6.07 Å². The van der Waals surface area contributed by atoms with Crippen LogP contribution >= 0.6 is 15.9 Å². The van der Waals surface area contributed by atoms with Crippen molar-refractivity contribution in [3.63, 3.8) is 0 Å². The molecule has 1 N–H and O–H groups in total. The first-order valence-electron chi connectivity index (χ1n) is 5.25. The predicted octanol–water partition coefficient (Wildman–Crippen LogP) is 2.25. The SMILES string of the molecule is O=C(O)c1cc(S(=O)Cc2ncccn2)ccc1Br. The number of halogens is 1. The molecule has 7 heteroatoms. The quantitative estimate of drug-likeness (QED) is 0.923. The van der Waals surface area contributed by atoms with E-state index in [9.17, 15) is 9.00 Å². The first-order valence-corrected chi connectivity index (χ1v) is 7.36. The molecule has 1 aromatic carbocycles. The second kappa shape index (κ2) is 6.03. The van der Waals surface area contributed by atoms with Gasteiger partial charge in [0.15, 0.2) is 0 Å². The Morgan fingerprint density at radius 1 is 1.32 bits per heavy atom. The van der Waals surface area contributed by atoms with Gasteiger partial charge in [-0.2, -0.15) is 0 Å². The minimum atomic E-state index is -1.38. The van der Waals surface area contributed by atoms with Gasteiger partial charge in [0.1, 0.15) is 5.82 Å². The number of nitrogens with zero attached hydrogens (tertiary/aromatic N) is 2. The van der Waals surface area contributed by atoms with Gasteiger partial charge in [-0.1, -0.05) is 0 Å². The first kappa shape index (κ1) is 13.8. The van der Waals surface area contributed by atoms with Gasteiger partial charge in [-0.05, 0) is 40.2 Å². The number of rotatable bonds is 4. The van der Waals surface area contributed by atoms with Crippen LogP contribution in [-0.2, 0) is 16.6 Å². The third-order valence-corrected chi connectivity index (χ3v) is 4.30. The maximum atomic E-state index is 12.1. The molecule has 19 heavy (non-hydrogen) atoms. The molecule has 1 unspecified atom stereocenters. The van der Waals surface area contributed by atoms with E-state index in [1.807, 2.05) is 0 Å². The summed E-state index contributed by atoms with van der Waals surface area (Å²) in [6.07, 6.45) is 3.15. The van der Waals surface area contributed by atoms with E-state index in [-0.39, 0.29) is 11.3 Å². The van der Waals surface area contributed by atoms with Gasteiger partial charge in [-0.25, -0.2) is 14.8 Å². The van der Waals surface area contributed by atoms with Crippen molar-refractivity contribution in [2.45, 2.75) is 10.6 Å². The van der Waals surface area contributed by atoms with Crippen LogP contribution in [0.5, 0.6) is 0 Å². The summed E-state index contributed by atoms with van der Waals surface area (Å²) in [5.74, 6) is -0.455. The number of carbonyl (C=O) groups is 1. The Morgan fingerprint density at radius 3 is 2.63 bits per heavy atom. The number of aromatic nitrogens is 2. The second-order valence-electron chi connectivity index (χ2n) is 3.60. The van der Waals surface area contributed by atoms with Crippen LogP contribution in [0.25, 0.3) is 0 Å². The van der Waals surface area contributed by atoms with Gasteiger partial charge in [0.2, 0.25) is 0 Å². The standard InChI is InChI=1S/C12H9BrN2O3S/c13-10-3-2-8(6-9(10)12(16)17)19(18)7-11-14-4-1-5-15-11/h1-6H,7H2,(H,16,17). The van der Waals surface area contributed by atoms with Crippen LogP contribution in [0.2, 0.25) is 0 Å². The van der Waals surface area contributed by atoms with E-state index < -0.39 is 16.8 Å². The van der Waals surface area contributed by atoms with E-state index in [1.54, 1.807) is 30.6 Å². The number of benzene rings is 1. The molecule has 0 fully saturated rings. The Bertz CT molecular complexity index is 634. The maximum Gasteiger partial charge on any atom is 0.336 e. The van der Waals surface area contributed by atoms with Crippen LogP contribution < -0.4 is 0 Å². The van der Waals surface area contributed by atoms with Crippen molar-refractivity contribution < 1.29 is 14.1 Å². The van der Waals surface area contributed by atoms with Gasteiger partial charge in [0.25, 0.3) is 0 Å². The lowest BCUT2D eigenvalue weighted by atomic mass is 10.2. The van der Waals surface area contributed by atoms with E-state index in [2.05, 4.69) is 25.9 Å². The fourth-order valence-electron chi connectivity index (χ4n) is 1.41. The molecule has 98 valence electrons. The maximum absolute atomic E-state index is 12.1. The zero-order valence-corrected chi connectivity index (χ0v) is 12.0. The summed E-state index contributed by atoms with van der Waals surface area (Å²) in [5, 5.41) is 9.01. The largest absolute Gasteiger partial charge is 0.478 e. The van der Waals surface area contributed by atoms with E-state index in [0.717, 1.165) is 0 Å². The van der Waals surface area contributed by atoms with Crippen molar-refractivity contribution in [1.29, 1.82) is 0 Å². The van der Waals surface area contributed by atoms with Crippen molar-refractivity contribution in [3.05, 3.63) is 52.5 Å². The first-order chi connectivity index (χ1) is 9.08. The predicted molar refractivity (Wildman–Crippen MR) is 73.2 cm³/mol. The lowest BCUT2D eigenvalue weighted by Gasteiger charge is -2.04. The zero-order chi connectivity index (χ0) is 13.8. The van der Waals surface area contributed by atoms with E-state index in [0.29, 0.717) is 15.2 Å². The number of hydrogen-bond donors (Lipinski definition) is 1. The van der Waals surface area contributed by atoms with Gasteiger partial charge in [-0.15, -0.1) is 0 Å². The summed E-state index contributed by atoms with van der Waals surface area (Å²) in [6.45, 7) is 0. The molecule has 1 aromatic heterocycles. The number of carboxylic acid groups (broad SMARTS) is 1. The van der Waals surface area contributed by atoms with Crippen molar-refractivity contribution in [2.75, 3.05) is 0 Å². The summed E-state index contributed by atoms with van der Waals surface area (Å²) in [6, 6.07) is 6.26. The van der Waals surface area contributed by atoms with Gasteiger partial charge >= 0.3 is 5.97 Å². The third kappa shape index (κ3) is 3.45. The topological polar surface area (TPSA) is 80.1 Å². The van der Waals surface area contributed by atoms with E-state index >= 15 is 0 Å². The summed E-state index contributed by atoms with van der Waals surface area (Å²) in [4.78, 5) is 19.4. The van der Waals surface area contributed by atoms with Crippen molar-refractivity contribution >= 4 is 32.7 Å². The summed E-state index contributed by atoms with van der Waals surface area (Å²) in [7, 11) is -1.38. The van der Waals surface area contributed by atoms with E-state index in [4.69, 9.17) is 5.11 Å². The smallest absolute Gasteiger partial charge is 0.336 e. The molecule has 0 amide bonds. The highest BCUT2D eigenvalue weighted by atomic mass is 79.9. The highest BCUT2D eigenvalue weighted by Gasteiger charge is 2.13. The molecule has 1 heterocycles. The molecular formula is C12H9BrN2O3S. The molecule has 0 aliphatic heterocycles. The molecule has 5 nitrogen and oxygen atoms in total. The summed E-state index contributed by atoms with van der Waals surface area (Å²) in [5.41, 5.74) is 0.0832. The Balaban J connectivity index is 2.25. The van der Waals surface area contributed by atoms with Gasteiger partial charge in [0.05, 0.1) is 22.1 Å². The Kier molecular flexibility index (Phi) is 4.39. The van der Waals surface area contributed by atoms with Crippen molar-refractivity contribution in [3.8, 4) is 0 Å². The molecule has 0 aliphatic rings. The molecule has 0 spiro atoms. The van der Waals surface area contributed by atoms with Crippen molar-refractivity contribution in [1.82, 2.24) is 9.97 Å². The Morgan fingerprint density at radius 2 is 2.00 bits per heavy atom. The van der Waals surface area contributed by atoms with Crippen LogP contribution in [0.1, 0.15) is 16.2 Å². The minimum absolute atomic E-state index is 0.0832. The zero-order valence-electron chi connectivity index (χ0n) is 9.62. The molecule has 0 radical (unpaired) electrons. The average molecular weight is 341 g/mol. The van der Waals surface area contributed by atoms with Gasteiger partial charge < -0.3 is 5.11 Å². The number of carboxylic acids is 1. The fourth-order valence-corrected chi connectivity index (χ4v) is 2.85. The highest BCUT2D eigenvalue weighted by Crippen LogP contribution is 2.21. The molecule has 2 rings (SSSR count). The van der Waals surface area contributed by atoms with Crippen molar-refractivity contribution in [2.24, 2.45) is 0 Å². The normalized spacial score (nSPS) is 12.1. The van der Waals surface area contributed by atoms with Crippen LogP contribution in [-0.4, -0.2) is 25.3 Å². The monoisotopic (exact) mass is 340 g/mol. The number of hydrogen-bond acceptors (Lipinski definition) is 4. The minimum Gasteiger partial charge on any atom is -0.478 e. The Labute approximate surface area is 120 Å². The molecule has 0 saturated carbocycles. The number of aromatic carboxylic acids is 1. The molecular weight excluding hydrogens is 332 g/mol. The second-order valence-corrected chi connectivity index (χ2v) is 5.91. The van der Waals surface area contributed by atoms with Crippen LogP contribution in [0.3, 0.4) is 0 Å². The molecule has 2 aromatic rings. The summed E-state index contributed by atoms with van der Waals surface area (Å²) >= 11 is 3.14. The third-order valence-electron chi connectivity index (χ3n) is 2.31. The lowest BCUT2D eigenvalue weighted by molar-refractivity contribution is 0.0695. The summed E-state index contributed by atoms with van der Waals surface area (Å²) < 4.78 is 12.6. The highest BCUT2D eigenvalue weighted by molar-refractivity contribution is 9.10. The lowest BCUT2D eigenvalue weighted by Crippen LogP contribution is -2.03. The van der Waals surface area contributed by atoms with Crippen LogP contribution in [0, 0.1) is 0 Å². The molecule has 0 saturated heterocycles. The van der Waals surface area contributed by atoms with Gasteiger partial charge in [0, 0.05) is 21.8 Å². The average Bonchev–Trinajstić information content (AvgIpc) is 2.40.